The van der Waals surface area contributed by atoms with Crippen LogP contribution in [0, 0.1) is 0 Å². The number of thiazole rings is 1. The van der Waals surface area contributed by atoms with Gasteiger partial charge in [0.2, 0.25) is 0 Å². The van der Waals surface area contributed by atoms with Crippen molar-refractivity contribution < 1.29 is 14.3 Å². The summed E-state index contributed by atoms with van der Waals surface area (Å²) in [5, 5.41) is 6.00. The van der Waals surface area contributed by atoms with Crippen LogP contribution >= 0.6 is 11.3 Å². The van der Waals surface area contributed by atoms with E-state index in [1.807, 2.05) is 23.6 Å². The summed E-state index contributed by atoms with van der Waals surface area (Å²) in [4.78, 5) is 18.5. The van der Waals surface area contributed by atoms with Gasteiger partial charge in [0.1, 0.15) is 13.2 Å². The van der Waals surface area contributed by atoms with Gasteiger partial charge in [0, 0.05) is 24.9 Å². The summed E-state index contributed by atoms with van der Waals surface area (Å²) in [6.45, 7) is 6.29. The molecule has 0 unspecified atom stereocenters. The molecule has 1 N–H and O–H groups in total. The summed E-state index contributed by atoms with van der Waals surface area (Å²) in [6, 6.07) is 5.63. The predicted molar refractivity (Wildman–Crippen MR) is 97.3 cm³/mol. The van der Waals surface area contributed by atoms with Gasteiger partial charge in [-0.25, -0.2) is 9.78 Å². The molecule has 0 saturated carbocycles. The van der Waals surface area contributed by atoms with Gasteiger partial charge < -0.3 is 19.7 Å². The van der Waals surface area contributed by atoms with Crippen LogP contribution in [0.15, 0.2) is 23.6 Å². The molecule has 6 nitrogen and oxygen atoms in total. The Bertz CT molecular complexity index is 745. The molecule has 0 aliphatic carbocycles. The quantitative estimate of drug-likeness (QED) is 0.887. The molecule has 1 aliphatic rings. The molecule has 1 aromatic carbocycles. The average Bonchev–Trinajstić information content (AvgIpc) is 3.09. The van der Waals surface area contributed by atoms with E-state index in [-0.39, 0.29) is 6.03 Å². The van der Waals surface area contributed by atoms with Crippen LogP contribution in [0.2, 0.25) is 0 Å². The van der Waals surface area contributed by atoms with Crippen molar-refractivity contribution in [2.24, 2.45) is 0 Å². The van der Waals surface area contributed by atoms with Crippen molar-refractivity contribution in [2.45, 2.75) is 32.9 Å². The second-order valence-corrected chi connectivity index (χ2v) is 7.21. The highest BCUT2D eigenvalue weighted by Crippen LogP contribution is 2.31. The van der Waals surface area contributed by atoms with E-state index >= 15 is 0 Å². The molecule has 2 heterocycles. The molecule has 7 heteroatoms. The fraction of sp³-hybridized carbons (Fsp3) is 0.444. The Morgan fingerprint density at radius 1 is 1.32 bits per heavy atom. The minimum atomic E-state index is -0.131. The van der Waals surface area contributed by atoms with Crippen molar-refractivity contribution in [1.82, 2.24) is 15.2 Å². The molecule has 1 aliphatic heterocycles. The zero-order chi connectivity index (χ0) is 17.8. The van der Waals surface area contributed by atoms with Crippen molar-refractivity contribution in [3.05, 3.63) is 39.8 Å². The van der Waals surface area contributed by atoms with E-state index in [1.54, 1.807) is 23.3 Å². The van der Waals surface area contributed by atoms with Crippen molar-refractivity contribution >= 4 is 17.4 Å². The summed E-state index contributed by atoms with van der Waals surface area (Å²) in [5.41, 5.74) is 1.90. The summed E-state index contributed by atoms with van der Waals surface area (Å²) in [6.07, 6.45) is 0. The number of benzene rings is 1. The van der Waals surface area contributed by atoms with E-state index in [9.17, 15) is 4.79 Å². The fourth-order valence-electron chi connectivity index (χ4n) is 2.50. The SMILES string of the molecule is CC(C)c1nc(CNC(=O)N(C)Cc2ccc3c(c2)OCCO3)cs1. The number of carbonyl (C=O) groups excluding carboxylic acids is 1. The summed E-state index contributed by atoms with van der Waals surface area (Å²) < 4.78 is 11.1. The first-order valence-corrected chi connectivity index (χ1v) is 9.22. The third kappa shape index (κ3) is 4.42. The Morgan fingerprint density at radius 2 is 2.08 bits per heavy atom. The van der Waals surface area contributed by atoms with E-state index in [4.69, 9.17) is 9.47 Å². The van der Waals surface area contributed by atoms with Gasteiger partial charge in [-0.3, -0.25) is 0 Å². The summed E-state index contributed by atoms with van der Waals surface area (Å²) in [5.74, 6) is 1.90. The van der Waals surface area contributed by atoms with Crippen molar-refractivity contribution in [3.8, 4) is 11.5 Å². The van der Waals surface area contributed by atoms with Crippen LogP contribution < -0.4 is 14.8 Å². The van der Waals surface area contributed by atoms with Crippen LogP contribution in [-0.4, -0.2) is 36.2 Å². The highest BCUT2D eigenvalue weighted by Gasteiger charge is 2.15. The number of aromatic nitrogens is 1. The number of hydrogen-bond donors (Lipinski definition) is 1. The van der Waals surface area contributed by atoms with Gasteiger partial charge in [0.05, 0.1) is 17.2 Å². The average molecular weight is 361 g/mol. The number of fused-ring (bicyclic) bond motifs is 1. The molecule has 0 fully saturated rings. The van der Waals surface area contributed by atoms with Gasteiger partial charge in [0.15, 0.2) is 11.5 Å². The van der Waals surface area contributed by atoms with Gasteiger partial charge in [0.25, 0.3) is 0 Å². The van der Waals surface area contributed by atoms with Crippen LogP contribution in [0.1, 0.15) is 36.0 Å². The second-order valence-electron chi connectivity index (χ2n) is 6.32. The predicted octanol–water partition coefficient (Wildman–Crippen LogP) is 3.38. The maximum Gasteiger partial charge on any atom is 0.317 e. The Kier molecular flexibility index (Phi) is 5.43. The molecule has 2 aromatic rings. The lowest BCUT2D eigenvalue weighted by molar-refractivity contribution is 0.171. The topological polar surface area (TPSA) is 63.7 Å². The second kappa shape index (κ2) is 7.74. The first kappa shape index (κ1) is 17.5. The number of ether oxygens (including phenoxy) is 2. The Morgan fingerprint density at radius 3 is 2.80 bits per heavy atom. The molecule has 0 saturated heterocycles. The largest absolute Gasteiger partial charge is 0.486 e. The Balaban J connectivity index is 1.53. The van der Waals surface area contributed by atoms with Crippen LogP contribution in [0.5, 0.6) is 11.5 Å². The van der Waals surface area contributed by atoms with Crippen LogP contribution in [0.4, 0.5) is 4.79 Å². The normalized spacial score (nSPS) is 13.0. The van der Waals surface area contributed by atoms with E-state index < -0.39 is 0 Å². The lowest BCUT2D eigenvalue weighted by atomic mass is 10.2. The fourth-order valence-corrected chi connectivity index (χ4v) is 3.34. The minimum Gasteiger partial charge on any atom is -0.486 e. The first-order valence-electron chi connectivity index (χ1n) is 8.34. The maximum atomic E-state index is 12.3. The van der Waals surface area contributed by atoms with Gasteiger partial charge in [-0.1, -0.05) is 19.9 Å². The first-order chi connectivity index (χ1) is 12.0. The number of amides is 2. The number of rotatable bonds is 5. The molecule has 0 bridgehead atoms. The van der Waals surface area contributed by atoms with Crippen LogP contribution in [0.25, 0.3) is 0 Å². The Hall–Kier alpha value is -2.28. The molecule has 1 aromatic heterocycles. The van der Waals surface area contributed by atoms with E-state index in [2.05, 4.69) is 24.1 Å². The van der Waals surface area contributed by atoms with Crippen molar-refractivity contribution in [1.29, 1.82) is 0 Å². The molecule has 0 spiro atoms. The Labute approximate surface area is 151 Å². The molecule has 2 amide bonds. The molecule has 25 heavy (non-hydrogen) atoms. The van der Waals surface area contributed by atoms with E-state index in [0.717, 1.165) is 27.8 Å². The highest BCUT2D eigenvalue weighted by atomic mass is 32.1. The lowest BCUT2D eigenvalue weighted by Crippen LogP contribution is -2.36. The molecule has 0 atom stereocenters. The van der Waals surface area contributed by atoms with Crippen molar-refractivity contribution in [3.63, 3.8) is 0 Å². The minimum absolute atomic E-state index is 0.131. The lowest BCUT2D eigenvalue weighted by Gasteiger charge is -2.21. The van der Waals surface area contributed by atoms with Crippen LogP contribution in [-0.2, 0) is 13.1 Å². The number of nitrogens with zero attached hydrogens (tertiary/aromatic N) is 2. The van der Waals surface area contributed by atoms with Crippen molar-refractivity contribution in [2.75, 3.05) is 20.3 Å². The van der Waals surface area contributed by atoms with Gasteiger partial charge in [-0.15, -0.1) is 11.3 Å². The molecule has 0 radical (unpaired) electrons. The number of urea groups is 1. The van der Waals surface area contributed by atoms with Crippen LogP contribution in [0.3, 0.4) is 0 Å². The van der Waals surface area contributed by atoms with Gasteiger partial charge in [-0.2, -0.15) is 0 Å². The molecule has 134 valence electrons. The van der Waals surface area contributed by atoms with E-state index in [0.29, 0.717) is 32.2 Å². The molecule has 3 rings (SSSR count). The summed E-state index contributed by atoms with van der Waals surface area (Å²) in [7, 11) is 1.77. The highest BCUT2D eigenvalue weighted by molar-refractivity contribution is 7.09. The molecular formula is C18H23N3O3S. The standard InChI is InChI=1S/C18H23N3O3S/c1-12(2)17-20-14(11-25-17)9-19-18(22)21(3)10-13-4-5-15-16(8-13)24-7-6-23-15/h4-5,8,11-12H,6-7,9-10H2,1-3H3,(H,19,22). The smallest absolute Gasteiger partial charge is 0.317 e. The zero-order valence-corrected chi connectivity index (χ0v) is 15.6. The monoisotopic (exact) mass is 361 g/mol. The number of nitrogens with one attached hydrogen (secondary N) is 1. The van der Waals surface area contributed by atoms with Gasteiger partial charge in [-0.05, 0) is 17.7 Å². The number of hydrogen-bond acceptors (Lipinski definition) is 5. The van der Waals surface area contributed by atoms with E-state index in [1.165, 1.54) is 0 Å². The third-order valence-corrected chi connectivity index (χ3v) is 5.05. The maximum absolute atomic E-state index is 12.3. The molecular weight excluding hydrogens is 338 g/mol. The number of carbonyl (C=O) groups is 1. The summed E-state index contributed by atoms with van der Waals surface area (Å²) >= 11 is 1.63. The van der Waals surface area contributed by atoms with Gasteiger partial charge >= 0.3 is 6.03 Å². The third-order valence-electron chi connectivity index (χ3n) is 3.86. The zero-order valence-electron chi connectivity index (χ0n) is 14.7.